The number of imidazole rings is 1. The fourth-order valence-electron chi connectivity index (χ4n) is 3.55. The zero-order valence-corrected chi connectivity index (χ0v) is 15.4. The molecule has 142 valence electrons. The number of nitrogens with zero attached hydrogens (tertiary/aromatic N) is 3. The molecule has 0 amide bonds. The molecule has 3 heterocycles. The number of fused-ring (bicyclic) bond motifs is 2. The van der Waals surface area contributed by atoms with E-state index in [2.05, 4.69) is 25.3 Å². The van der Waals surface area contributed by atoms with E-state index < -0.39 is 0 Å². The third kappa shape index (κ3) is 3.12. The van der Waals surface area contributed by atoms with Crippen LogP contribution in [-0.2, 0) is 6.42 Å². The first-order valence-electron chi connectivity index (χ1n) is 9.29. The zero-order chi connectivity index (χ0) is 19.6. The average molecular weight is 383 g/mol. The van der Waals surface area contributed by atoms with Crippen LogP contribution in [0.2, 0.25) is 0 Å². The van der Waals surface area contributed by atoms with Crippen LogP contribution in [0.4, 0.5) is 5.82 Å². The van der Waals surface area contributed by atoms with Crippen LogP contribution in [-0.4, -0.2) is 26.5 Å². The summed E-state index contributed by atoms with van der Waals surface area (Å²) < 4.78 is 5.59. The molecule has 0 aliphatic rings. The van der Waals surface area contributed by atoms with E-state index in [1.54, 1.807) is 6.33 Å². The van der Waals surface area contributed by atoms with Gasteiger partial charge in [0.25, 0.3) is 0 Å². The molecule has 0 unspecified atom stereocenters. The van der Waals surface area contributed by atoms with Crippen LogP contribution in [0.5, 0.6) is 0 Å². The number of aromatic amines is 1. The highest BCUT2D eigenvalue weighted by Gasteiger charge is 2.16. The zero-order valence-electron chi connectivity index (χ0n) is 15.4. The molecule has 3 aromatic heterocycles. The summed E-state index contributed by atoms with van der Waals surface area (Å²) in [6.07, 6.45) is 3.53. The van der Waals surface area contributed by atoms with Crippen molar-refractivity contribution < 1.29 is 4.42 Å². The highest BCUT2D eigenvalue weighted by Crippen LogP contribution is 2.30. The van der Waals surface area contributed by atoms with Crippen molar-refractivity contribution in [1.82, 2.24) is 19.9 Å². The van der Waals surface area contributed by atoms with Crippen LogP contribution in [0.15, 0.2) is 76.5 Å². The van der Waals surface area contributed by atoms with E-state index in [0.717, 1.165) is 22.0 Å². The summed E-state index contributed by atoms with van der Waals surface area (Å²) in [5.74, 6) is 0.652. The minimum absolute atomic E-state index is 0.321. The molecular weight excluding hydrogens is 366 g/mol. The fraction of sp³-hybridized carbons (Fsp3) is 0.0909. The van der Waals surface area contributed by atoms with E-state index in [-0.39, 0.29) is 5.63 Å². The predicted octanol–water partition coefficient (Wildman–Crippen LogP) is 3.78. The maximum Gasteiger partial charge on any atom is 0.340 e. The monoisotopic (exact) mass is 383 g/mol. The van der Waals surface area contributed by atoms with E-state index >= 15 is 0 Å². The van der Waals surface area contributed by atoms with Crippen LogP contribution in [0, 0.1) is 0 Å². The molecule has 0 atom stereocenters. The SMILES string of the molecule is O=c1oc2ccccc2c(-c2ccccc2)c1CCNc1ncnc2nc[nH]c12. The van der Waals surface area contributed by atoms with Crippen molar-refractivity contribution in [1.29, 1.82) is 0 Å². The summed E-state index contributed by atoms with van der Waals surface area (Å²) in [5, 5.41) is 4.20. The molecule has 0 bridgehead atoms. The Kier molecular flexibility index (Phi) is 4.25. The van der Waals surface area contributed by atoms with Crippen molar-refractivity contribution in [3.8, 4) is 11.1 Å². The summed E-state index contributed by atoms with van der Waals surface area (Å²) in [6, 6.07) is 17.5. The van der Waals surface area contributed by atoms with Gasteiger partial charge < -0.3 is 14.7 Å². The first kappa shape index (κ1) is 17.1. The summed E-state index contributed by atoms with van der Waals surface area (Å²) in [4.78, 5) is 28.4. The lowest BCUT2D eigenvalue weighted by Crippen LogP contribution is -2.15. The van der Waals surface area contributed by atoms with E-state index in [4.69, 9.17) is 4.42 Å². The van der Waals surface area contributed by atoms with Crippen molar-refractivity contribution in [3.63, 3.8) is 0 Å². The van der Waals surface area contributed by atoms with Crippen LogP contribution >= 0.6 is 0 Å². The molecule has 0 radical (unpaired) electrons. The molecular formula is C22H17N5O2. The maximum atomic E-state index is 12.8. The first-order chi connectivity index (χ1) is 14.3. The van der Waals surface area contributed by atoms with Crippen molar-refractivity contribution in [3.05, 3.63) is 83.2 Å². The first-order valence-corrected chi connectivity index (χ1v) is 9.29. The smallest absolute Gasteiger partial charge is 0.340 e. The van der Waals surface area contributed by atoms with Gasteiger partial charge in [-0.05, 0) is 18.1 Å². The lowest BCUT2D eigenvalue weighted by molar-refractivity contribution is 0.551. The standard InChI is InChI=1S/C22H17N5O2/c28-22-16(10-11-23-20-19-21(25-12-24-19)27-13-26-20)18(14-6-2-1-3-7-14)15-8-4-5-9-17(15)29-22/h1-9,12-13H,10-11H2,(H2,23,24,25,26,27). The number of hydrogen-bond donors (Lipinski definition) is 2. The number of benzene rings is 2. The van der Waals surface area contributed by atoms with E-state index in [9.17, 15) is 4.79 Å². The fourth-order valence-corrected chi connectivity index (χ4v) is 3.55. The Bertz CT molecular complexity index is 1360. The van der Waals surface area contributed by atoms with E-state index in [0.29, 0.717) is 35.6 Å². The molecule has 0 fully saturated rings. The molecule has 5 rings (SSSR count). The van der Waals surface area contributed by atoms with E-state index in [1.807, 2.05) is 54.6 Å². The molecule has 5 aromatic rings. The molecule has 7 heteroatoms. The Morgan fingerprint density at radius 3 is 2.69 bits per heavy atom. The lowest BCUT2D eigenvalue weighted by atomic mass is 9.95. The minimum Gasteiger partial charge on any atom is -0.422 e. The molecule has 0 saturated carbocycles. The Morgan fingerprint density at radius 2 is 1.79 bits per heavy atom. The summed E-state index contributed by atoms with van der Waals surface area (Å²) in [6.45, 7) is 0.508. The summed E-state index contributed by atoms with van der Waals surface area (Å²) in [5.41, 5.74) is 4.14. The summed E-state index contributed by atoms with van der Waals surface area (Å²) >= 11 is 0. The van der Waals surface area contributed by atoms with Gasteiger partial charge >= 0.3 is 5.63 Å². The minimum atomic E-state index is -0.321. The van der Waals surface area contributed by atoms with Crippen molar-refractivity contribution in [2.45, 2.75) is 6.42 Å². The topological polar surface area (TPSA) is 96.7 Å². The van der Waals surface area contributed by atoms with Crippen LogP contribution in [0.3, 0.4) is 0 Å². The number of anilines is 1. The lowest BCUT2D eigenvalue weighted by Gasteiger charge is -2.12. The normalized spacial score (nSPS) is 11.2. The van der Waals surface area contributed by atoms with E-state index in [1.165, 1.54) is 6.33 Å². The number of nitrogens with one attached hydrogen (secondary N) is 2. The van der Waals surface area contributed by atoms with Crippen molar-refractivity contribution in [2.24, 2.45) is 0 Å². The quantitative estimate of drug-likeness (QED) is 0.448. The van der Waals surface area contributed by atoms with Crippen molar-refractivity contribution in [2.75, 3.05) is 11.9 Å². The van der Waals surface area contributed by atoms with Gasteiger partial charge in [-0.25, -0.2) is 19.7 Å². The Morgan fingerprint density at radius 1 is 0.966 bits per heavy atom. The Balaban J connectivity index is 1.53. The second kappa shape index (κ2) is 7.20. The number of H-pyrrole nitrogens is 1. The maximum absolute atomic E-state index is 12.8. The summed E-state index contributed by atoms with van der Waals surface area (Å²) in [7, 11) is 0. The largest absolute Gasteiger partial charge is 0.422 e. The van der Waals surface area contributed by atoms with Crippen molar-refractivity contribution >= 4 is 28.0 Å². The highest BCUT2D eigenvalue weighted by molar-refractivity contribution is 5.94. The average Bonchev–Trinajstić information content (AvgIpc) is 3.24. The number of para-hydroxylation sites is 1. The van der Waals surface area contributed by atoms with Gasteiger partial charge in [-0.15, -0.1) is 0 Å². The van der Waals surface area contributed by atoms with Crippen LogP contribution in [0.1, 0.15) is 5.56 Å². The second-order valence-corrected chi connectivity index (χ2v) is 6.61. The van der Waals surface area contributed by atoms with Crippen LogP contribution < -0.4 is 10.9 Å². The second-order valence-electron chi connectivity index (χ2n) is 6.61. The predicted molar refractivity (Wildman–Crippen MR) is 112 cm³/mol. The molecule has 0 saturated heterocycles. The van der Waals surface area contributed by atoms with Gasteiger partial charge in [0.1, 0.15) is 17.4 Å². The highest BCUT2D eigenvalue weighted by atomic mass is 16.4. The molecule has 7 nitrogen and oxygen atoms in total. The van der Waals surface area contributed by atoms with Gasteiger partial charge in [-0.3, -0.25) is 0 Å². The molecule has 0 aliphatic heterocycles. The number of rotatable bonds is 5. The number of hydrogen-bond acceptors (Lipinski definition) is 6. The van der Waals surface area contributed by atoms with Gasteiger partial charge in [0.15, 0.2) is 11.5 Å². The Hall–Kier alpha value is -4.00. The van der Waals surface area contributed by atoms with Gasteiger partial charge in [0.2, 0.25) is 0 Å². The van der Waals surface area contributed by atoms with Gasteiger partial charge in [0.05, 0.1) is 6.33 Å². The molecule has 2 aromatic carbocycles. The Labute approximate surface area is 165 Å². The van der Waals surface area contributed by atoms with Gasteiger partial charge in [-0.2, -0.15) is 0 Å². The third-order valence-corrected chi connectivity index (χ3v) is 4.86. The molecule has 29 heavy (non-hydrogen) atoms. The molecule has 2 N–H and O–H groups in total. The van der Waals surface area contributed by atoms with Gasteiger partial charge in [-0.1, -0.05) is 48.5 Å². The molecule has 0 aliphatic carbocycles. The van der Waals surface area contributed by atoms with Crippen LogP contribution in [0.25, 0.3) is 33.3 Å². The molecule has 0 spiro atoms. The number of aromatic nitrogens is 4. The third-order valence-electron chi connectivity index (χ3n) is 4.86. The van der Waals surface area contributed by atoms with Gasteiger partial charge in [0, 0.05) is 23.1 Å².